The molecule has 1 aromatic rings. The fourth-order valence-electron chi connectivity index (χ4n) is 2.18. The number of halogens is 1. The largest absolute Gasteiger partial charge is 0.276 e. The lowest BCUT2D eigenvalue weighted by Crippen LogP contribution is -2.14. The molecule has 18 heavy (non-hydrogen) atoms. The molecule has 0 unspecified atom stereocenters. The van der Waals surface area contributed by atoms with Crippen LogP contribution in [0.3, 0.4) is 0 Å². The molecule has 0 atom stereocenters. The Labute approximate surface area is 112 Å². The molecule has 0 bridgehead atoms. The van der Waals surface area contributed by atoms with E-state index >= 15 is 0 Å². The Balaban J connectivity index is 2.70. The first kappa shape index (κ1) is 13.6. The maximum absolute atomic E-state index is 12.4. The van der Waals surface area contributed by atoms with Gasteiger partial charge in [0, 0.05) is 5.56 Å². The molecule has 0 spiro atoms. The van der Waals surface area contributed by atoms with Crippen LogP contribution >= 0.6 is 11.6 Å². The molecule has 0 saturated heterocycles. The number of carbonyl (C=O) groups is 1. The van der Waals surface area contributed by atoms with E-state index in [2.05, 4.69) is 0 Å². The van der Waals surface area contributed by atoms with Crippen molar-refractivity contribution in [1.82, 2.24) is 0 Å². The van der Waals surface area contributed by atoms with Crippen molar-refractivity contribution in [3.8, 4) is 0 Å². The Morgan fingerprint density at radius 2 is 2.00 bits per heavy atom. The van der Waals surface area contributed by atoms with Gasteiger partial charge in [-0.3, -0.25) is 4.79 Å². The lowest BCUT2D eigenvalue weighted by molar-refractivity contribution is 0.108. The van der Waals surface area contributed by atoms with Gasteiger partial charge in [0.1, 0.15) is 0 Å². The Hall–Kier alpha value is -0.870. The SMILES string of the molecule is CCc1ccc(C(=O)Cl)c(C)c1S(=O)(=O)C1CC1. The molecule has 0 N–H and O–H groups in total. The third-order valence-electron chi connectivity index (χ3n) is 3.33. The van der Waals surface area contributed by atoms with Gasteiger partial charge in [0.05, 0.1) is 10.1 Å². The van der Waals surface area contributed by atoms with Gasteiger partial charge < -0.3 is 0 Å². The standard InChI is InChI=1S/C13H15ClO3S/c1-3-9-4-7-11(13(14)15)8(2)12(9)18(16,17)10-5-6-10/h4,7,10H,3,5-6H2,1-2H3. The van der Waals surface area contributed by atoms with Gasteiger partial charge in [0.25, 0.3) is 5.24 Å². The highest BCUT2D eigenvalue weighted by Crippen LogP contribution is 2.37. The lowest BCUT2D eigenvalue weighted by Gasteiger charge is -2.14. The monoisotopic (exact) mass is 286 g/mol. The van der Waals surface area contributed by atoms with Crippen LogP contribution in [0.25, 0.3) is 0 Å². The number of benzene rings is 1. The molecule has 0 heterocycles. The predicted octanol–water partition coefficient (Wildman–Crippen LogP) is 2.87. The third kappa shape index (κ3) is 2.19. The Morgan fingerprint density at radius 1 is 1.39 bits per heavy atom. The maximum Gasteiger partial charge on any atom is 0.252 e. The van der Waals surface area contributed by atoms with Gasteiger partial charge >= 0.3 is 0 Å². The van der Waals surface area contributed by atoms with Crippen LogP contribution in [0.4, 0.5) is 0 Å². The summed E-state index contributed by atoms with van der Waals surface area (Å²) in [4.78, 5) is 11.6. The number of hydrogen-bond acceptors (Lipinski definition) is 3. The summed E-state index contributed by atoms with van der Waals surface area (Å²) < 4.78 is 24.8. The first-order valence-corrected chi connectivity index (χ1v) is 7.88. The van der Waals surface area contributed by atoms with Crippen molar-refractivity contribution in [3.05, 3.63) is 28.8 Å². The van der Waals surface area contributed by atoms with Crippen LogP contribution in [0.1, 0.15) is 41.3 Å². The minimum absolute atomic E-state index is 0.276. The molecular formula is C13H15ClO3S. The first-order valence-electron chi connectivity index (χ1n) is 5.95. The van der Waals surface area contributed by atoms with Gasteiger partial charge in [-0.15, -0.1) is 0 Å². The van der Waals surface area contributed by atoms with Gasteiger partial charge in [-0.05, 0) is 55.0 Å². The second-order valence-electron chi connectivity index (χ2n) is 4.60. The molecule has 0 radical (unpaired) electrons. The molecule has 0 amide bonds. The van der Waals surface area contributed by atoms with Crippen LogP contribution in [-0.2, 0) is 16.3 Å². The van der Waals surface area contributed by atoms with E-state index in [1.165, 1.54) is 0 Å². The summed E-state index contributed by atoms with van der Waals surface area (Å²) in [5.74, 6) is 0. The van der Waals surface area contributed by atoms with E-state index in [1.807, 2.05) is 6.92 Å². The van der Waals surface area contributed by atoms with Crippen molar-refractivity contribution in [2.24, 2.45) is 0 Å². The Bertz CT molecular complexity index is 601. The van der Waals surface area contributed by atoms with Gasteiger partial charge in [-0.2, -0.15) is 0 Å². The summed E-state index contributed by atoms with van der Waals surface area (Å²) in [5, 5.41) is -0.885. The van der Waals surface area contributed by atoms with Gasteiger partial charge in [0.15, 0.2) is 9.84 Å². The highest BCUT2D eigenvalue weighted by molar-refractivity contribution is 7.92. The zero-order valence-electron chi connectivity index (χ0n) is 10.4. The average Bonchev–Trinajstić information content (AvgIpc) is 3.11. The molecule has 98 valence electrons. The fraction of sp³-hybridized carbons (Fsp3) is 0.462. The van der Waals surface area contributed by atoms with Gasteiger partial charge in [-0.1, -0.05) is 13.0 Å². The molecule has 1 aromatic carbocycles. The summed E-state index contributed by atoms with van der Waals surface area (Å²) in [6.45, 7) is 3.56. The molecule has 1 saturated carbocycles. The third-order valence-corrected chi connectivity index (χ3v) is 6.02. The molecule has 1 fully saturated rings. The van der Waals surface area contributed by atoms with Crippen molar-refractivity contribution >= 4 is 26.7 Å². The zero-order chi connectivity index (χ0) is 13.5. The van der Waals surface area contributed by atoms with Crippen LogP contribution in [0.5, 0.6) is 0 Å². The van der Waals surface area contributed by atoms with Gasteiger partial charge in [-0.25, -0.2) is 8.42 Å². The predicted molar refractivity (Wildman–Crippen MR) is 70.9 cm³/mol. The fourth-order valence-corrected chi connectivity index (χ4v) is 4.59. The van der Waals surface area contributed by atoms with Crippen molar-refractivity contribution < 1.29 is 13.2 Å². The van der Waals surface area contributed by atoms with E-state index < -0.39 is 15.1 Å². The van der Waals surface area contributed by atoms with Crippen LogP contribution in [0.15, 0.2) is 17.0 Å². The minimum Gasteiger partial charge on any atom is -0.276 e. The first-order chi connectivity index (χ1) is 8.39. The van der Waals surface area contributed by atoms with Crippen molar-refractivity contribution in [3.63, 3.8) is 0 Å². The summed E-state index contributed by atoms with van der Waals surface area (Å²) in [6.07, 6.45) is 2.05. The number of rotatable bonds is 4. The molecule has 2 rings (SSSR count). The second-order valence-corrected chi connectivity index (χ2v) is 7.11. The van der Waals surface area contributed by atoms with E-state index in [1.54, 1.807) is 19.1 Å². The van der Waals surface area contributed by atoms with Crippen LogP contribution in [0, 0.1) is 6.92 Å². The zero-order valence-corrected chi connectivity index (χ0v) is 11.9. The summed E-state index contributed by atoms with van der Waals surface area (Å²) >= 11 is 5.49. The van der Waals surface area contributed by atoms with Crippen LogP contribution in [0.2, 0.25) is 0 Å². The molecule has 1 aliphatic carbocycles. The van der Waals surface area contributed by atoms with Crippen molar-refractivity contribution in [2.45, 2.75) is 43.3 Å². The lowest BCUT2D eigenvalue weighted by atomic mass is 10.0. The number of carbonyl (C=O) groups excluding carboxylic acids is 1. The molecule has 5 heteroatoms. The van der Waals surface area contributed by atoms with Crippen molar-refractivity contribution in [1.29, 1.82) is 0 Å². The number of sulfone groups is 1. The van der Waals surface area contributed by atoms with E-state index in [0.717, 1.165) is 5.56 Å². The number of hydrogen-bond donors (Lipinski definition) is 0. The highest BCUT2D eigenvalue weighted by Gasteiger charge is 2.39. The second kappa shape index (κ2) is 4.67. The average molecular weight is 287 g/mol. The summed E-state index contributed by atoms with van der Waals surface area (Å²) in [5.41, 5.74) is 1.54. The number of aryl methyl sites for hydroxylation is 1. The maximum atomic E-state index is 12.4. The highest BCUT2D eigenvalue weighted by atomic mass is 35.5. The Morgan fingerprint density at radius 3 is 2.44 bits per heavy atom. The smallest absolute Gasteiger partial charge is 0.252 e. The molecule has 3 nitrogen and oxygen atoms in total. The normalized spacial score (nSPS) is 15.7. The van der Waals surface area contributed by atoms with E-state index in [-0.39, 0.29) is 10.8 Å². The summed E-state index contributed by atoms with van der Waals surface area (Å²) in [6, 6.07) is 3.30. The minimum atomic E-state index is -3.31. The topological polar surface area (TPSA) is 51.2 Å². The van der Waals surface area contributed by atoms with Crippen LogP contribution < -0.4 is 0 Å². The quantitative estimate of drug-likeness (QED) is 0.800. The molecule has 1 aliphatic rings. The van der Waals surface area contributed by atoms with Gasteiger partial charge in [0.2, 0.25) is 0 Å². The van der Waals surface area contributed by atoms with Crippen molar-refractivity contribution in [2.75, 3.05) is 0 Å². The van der Waals surface area contributed by atoms with Crippen LogP contribution in [-0.4, -0.2) is 18.9 Å². The molecule has 0 aromatic heterocycles. The van der Waals surface area contributed by atoms with E-state index in [9.17, 15) is 13.2 Å². The van der Waals surface area contributed by atoms with E-state index in [0.29, 0.717) is 29.7 Å². The summed E-state index contributed by atoms with van der Waals surface area (Å²) in [7, 11) is -3.31. The molecule has 0 aliphatic heterocycles. The molecular weight excluding hydrogens is 272 g/mol. The Kier molecular flexibility index (Phi) is 3.52. The van der Waals surface area contributed by atoms with E-state index in [4.69, 9.17) is 11.6 Å².